The van der Waals surface area contributed by atoms with Crippen molar-refractivity contribution in [3.63, 3.8) is 0 Å². The zero-order valence-corrected chi connectivity index (χ0v) is 9.78. The maximum absolute atomic E-state index is 14.0. The van der Waals surface area contributed by atoms with Gasteiger partial charge in [0.05, 0.1) is 22.4 Å². The average Bonchev–Trinajstić information content (AvgIpc) is 2.81. The van der Waals surface area contributed by atoms with Crippen LogP contribution in [0.1, 0.15) is 18.5 Å². The minimum absolute atomic E-state index is 0.195. The van der Waals surface area contributed by atoms with Crippen molar-refractivity contribution in [1.29, 1.82) is 0 Å². The molecule has 1 aliphatic heterocycles. The third-order valence-corrected chi connectivity index (χ3v) is 3.18. The number of rotatable bonds is 1. The molecule has 88 valence electrons. The summed E-state index contributed by atoms with van der Waals surface area (Å²) in [5.41, 5.74) is 2.86. The molecule has 3 rings (SSSR count). The molecule has 0 unspecified atom stereocenters. The van der Waals surface area contributed by atoms with Gasteiger partial charge in [0.2, 0.25) is 0 Å². The van der Waals surface area contributed by atoms with Crippen LogP contribution in [-0.4, -0.2) is 23.1 Å². The van der Waals surface area contributed by atoms with Gasteiger partial charge in [-0.25, -0.2) is 9.37 Å². The van der Waals surface area contributed by atoms with Crippen LogP contribution in [0.2, 0.25) is 0 Å². The second-order valence-electron chi connectivity index (χ2n) is 4.50. The molecule has 0 spiro atoms. The quantitative estimate of drug-likeness (QED) is 0.755. The number of anilines is 1. The molecule has 0 amide bonds. The molecule has 1 fully saturated rings. The van der Waals surface area contributed by atoms with Gasteiger partial charge in [0.15, 0.2) is 0 Å². The molecule has 0 atom stereocenters. The Morgan fingerprint density at radius 2 is 1.94 bits per heavy atom. The molecule has 2 heterocycles. The van der Waals surface area contributed by atoms with Gasteiger partial charge in [-0.2, -0.15) is 0 Å². The summed E-state index contributed by atoms with van der Waals surface area (Å²) in [7, 11) is 0. The second-order valence-corrected chi connectivity index (χ2v) is 4.50. The van der Waals surface area contributed by atoms with Crippen LogP contribution in [0.3, 0.4) is 0 Å². The number of halogens is 1. The smallest absolute Gasteiger partial charge is 0.148 e. The van der Waals surface area contributed by atoms with Crippen molar-refractivity contribution in [3.05, 3.63) is 29.8 Å². The van der Waals surface area contributed by atoms with Gasteiger partial charge < -0.3 is 4.90 Å². The molecule has 3 nitrogen and oxygen atoms in total. The number of aromatic nitrogens is 2. The van der Waals surface area contributed by atoms with E-state index >= 15 is 0 Å². The number of hydrogen-bond donors (Lipinski definition) is 0. The van der Waals surface area contributed by atoms with Crippen molar-refractivity contribution in [2.24, 2.45) is 0 Å². The van der Waals surface area contributed by atoms with Crippen LogP contribution in [-0.2, 0) is 0 Å². The Balaban J connectivity index is 2.13. The standard InChI is InChI=1S/C13H14FN3/c1-9-8-15-11-7-13(17-4-2-3-5-17)10(14)6-12(11)16-9/h6-8H,2-5H2,1H3. The molecule has 0 saturated carbocycles. The molecular weight excluding hydrogens is 217 g/mol. The number of benzene rings is 1. The minimum atomic E-state index is -0.195. The second kappa shape index (κ2) is 3.95. The summed E-state index contributed by atoms with van der Waals surface area (Å²) in [5.74, 6) is -0.195. The van der Waals surface area contributed by atoms with E-state index in [0.717, 1.165) is 37.1 Å². The number of nitrogens with zero attached hydrogens (tertiary/aromatic N) is 3. The van der Waals surface area contributed by atoms with Crippen molar-refractivity contribution in [3.8, 4) is 0 Å². The molecule has 2 aromatic rings. The highest BCUT2D eigenvalue weighted by molar-refractivity contribution is 5.79. The van der Waals surface area contributed by atoms with Crippen LogP contribution in [0.15, 0.2) is 18.3 Å². The minimum Gasteiger partial charge on any atom is -0.369 e. The van der Waals surface area contributed by atoms with Crippen molar-refractivity contribution >= 4 is 16.7 Å². The molecule has 0 bridgehead atoms. The largest absolute Gasteiger partial charge is 0.369 e. The highest BCUT2D eigenvalue weighted by atomic mass is 19.1. The Morgan fingerprint density at radius 3 is 2.71 bits per heavy atom. The maximum atomic E-state index is 14.0. The van der Waals surface area contributed by atoms with E-state index in [2.05, 4.69) is 14.9 Å². The van der Waals surface area contributed by atoms with Crippen LogP contribution in [0.5, 0.6) is 0 Å². The van der Waals surface area contributed by atoms with Gasteiger partial charge in [-0.05, 0) is 25.8 Å². The number of fused-ring (bicyclic) bond motifs is 1. The first-order chi connectivity index (χ1) is 8.24. The van der Waals surface area contributed by atoms with Crippen molar-refractivity contribution in [1.82, 2.24) is 9.97 Å². The Kier molecular flexibility index (Phi) is 2.42. The van der Waals surface area contributed by atoms with Crippen molar-refractivity contribution < 1.29 is 4.39 Å². The van der Waals surface area contributed by atoms with Crippen LogP contribution >= 0.6 is 0 Å². The van der Waals surface area contributed by atoms with E-state index in [4.69, 9.17) is 0 Å². The first-order valence-electron chi connectivity index (χ1n) is 5.92. The van der Waals surface area contributed by atoms with E-state index in [1.165, 1.54) is 6.07 Å². The molecule has 1 aliphatic rings. The van der Waals surface area contributed by atoms with Gasteiger partial charge in [-0.15, -0.1) is 0 Å². The van der Waals surface area contributed by atoms with Gasteiger partial charge in [0, 0.05) is 25.4 Å². The van der Waals surface area contributed by atoms with E-state index in [1.807, 2.05) is 13.0 Å². The molecule has 17 heavy (non-hydrogen) atoms. The highest BCUT2D eigenvalue weighted by Gasteiger charge is 2.17. The van der Waals surface area contributed by atoms with Crippen LogP contribution in [0, 0.1) is 12.7 Å². The van der Waals surface area contributed by atoms with Crippen molar-refractivity contribution in [2.45, 2.75) is 19.8 Å². The lowest BCUT2D eigenvalue weighted by atomic mass is 10.2. The summed E-state index contributed by atoms with van der Waals surface area (Å²) in [6, 6.07) is 3.30. The summed E-state index contributed by atoms with van der Waals surface area (Å²) in [4.78, 5) is 10.7. The molecule has 1 aromatic carbocycles. The topological polar surface area (TPSA) is 29.0 Å². The number of aryl methyl sites for hydroxylation is 1. The Hall–Kier alpha value is -1.71. The summed E-state index contributed by atoms with van der Waals surface area (Å²) in [6.07, 6.45) is 3.99. The molecule has 4 heteroatoms. The predicted molar refractivity (Wildman–Crippen MR) is 65.7 cm³/mol. The monoisotopic (exact) mass is 231 g/mol. The van der Waals surface area contributed by atoms with Gasteiger partial charge in [0.1, 0.15) is 5.82 Å². The van der Waals surface area contributed by atoms with Crippen LogP contribution < -0.4 is 4.90 Å². The fourth-order valence-corrected chi connectivity index (χ4v) is 2.32. The first-order valence-corrected chi connectivity index (χ1v) is 5.92. The molecule has 1 aromatic heterocycles. The number of hydrogen-bond acceptors (Lipinski definition) is 3. The van der Waals surface area contributed by atoms with E-state index in [-0.39, 0.29) is 5.82 Å². The maximum Gasteiger partial charge on any atom is 0.148 e. The van der Waals surface area contributed by atoms with E-state index in [9.17, 15) is 4.39 Å². The lowest BCUT2D eigenvalue weighted by molar-refractivity contribution is 0.624. The Morgan fingerprint density at radius 1 is 1.18 bits per heavy atom. The van der Waals surface area contributed by atoms with E-state index in [1.54, 1.807) is 6.20 Å². The SMILES string of the molecule is Cc1cnc2cc(N3CCCC3)c(F)cc2n1. The third kappa shape index (κ3) is 1.84. The third-order valence-electron chi connectivity index (χ3n) is 3.18. The van der Waals surface area contributed by atoms with Gasteiger partial charge >= 0.3 is 0 Å². The highest BCUT2D eigenvalue weighted by Crippen LogP contribution is 2.26. The molecule has 0 N–H and O–H groups in total. The Labute approximate surface area is 99.3 Å². The zero-order chi connectivity index (χ0) is 11.8. The fourth-order valence-electron chi connectivity index (χ4n) is 2.32. The normalized spacial score (nSPS) is 15.8. The molecule has 0 aliphatic carbocycles. The lowest BCUT2D eigenvalue weighted by Gasteiger charge is -2.18. The Bertz CT molecular complexity index is 562. The molecule has 1 saturated heterocycles. The average molecular weight is 231 g/mol. The zero-order valence-electron chi connectivity index (χ0n) is 9.78. The summed E-state index contributed by atoms with van der Waals surface area (Å²) < 4.78 is 14.0. The van der Waals surface area contributed by atoms with E-state index < -0.39 is 0 Å². The summed E-state index contributed by atoms with van der Waals surface area (Å²) in [5, 5.41) is 0. The fraction of sp³-hybridized carbons (Fsp3) is 0.385. The van der Waals surface area contributed by atoms with E-state index in [0.29, 0.717) is 11.2 Å². The molecule has 0 radical (unpaired) electrons. The molecular formula is C13H14FN3. The summed E-state index contributed by atoms with van der Waals surface area (Å²) in [6.45, 7) is 3.72. The summed E-state index contributed by atoms with van der Waals surface area (Å²) >= 11 is 0. The first kappa shape index (κ1) is 10.4. The van der Waals surface area contributed by atoms with Crippen LogP contribution in [0.4, 0.5) is 10.1 Å². The van der Waals surface area contributed by atoms with Crippen molar-refractivity contribution in [2.75, 3.05) is 18.0 Å². The van der Waals surface area contributed by atoms with Gasteiger partial charge in [0.25, 0.3) is 0 Å². The van der Waals surface area contributed by atoms with Crippen LogP contribution in [0.25, 0.3) is 11.0 Å². The predicted octanol–water partition coefficient (Wildman–Crippen LogP) is 2.68. The lowest BCUT2D eigenvalue weighted by Crippen LogP contribution is -2.19. The van der Waals surface area contributed by atoms with Gasteiger partial charge in [-0.1, -0.05) is 0 Å². The van der Waals surface area contributed by atoms with Gasteiger partial charge in [-0.3, -0.25) is 4.98 Å².